The first-order valence-corrected chi connectivity index (χ1v) is 8.94. The highest BCUT2D eigenvalue weighted by Crippen LogP contribution is 2.28. The number of hydrogen-bond acceptors (Lipinski definition) is 4. The van der Waals surface area contributed by atoms with E-state index < -0.39 is 35.4 Å². The maximum atomic E-state index is 14.4. The third-order valence-corrected chi connectivity index (χ3v) is 4.43. The second kappa shape index (κ2) is 9.23. The fraction of sp³-hybridized carbons (Fsp3) is 0.333. The Kier molecular flexibility index (Phi) is 6.72. The Labute approximate surface area is 161 Å². The van der Waals surface area contributed by atoms with E-state index in [1.165, 1.54) is 24.3 Å². The zero-order chi connectivity index (χ0) is 20.1. The quantitative estimate of drug-likeness (QED) is 0.783. The minimum Gasteiger partial charge on any atom is -0.505 e. The first kappa shape index (κ1) is 20.4. The van der Waals surface area contributed by atoms with Crippen molar-refractivity contribution < 1.29 is 32.5 Å². The summed E-state index contributed by atoms with van der Waals surface area (Å²) in [7, 11) is 0. The van der Waals surface area contributed by atoms with Crippen molar-refractivity contribution in [2.24, 2.45) is 0 Å². The van der Waals surface area contributed by atoms with E-state index in [-0.39, 0.29) is 30.9 Å². The molecule has 4 nitrogen and oxygen atoms in total. The van der Waals surface area contributed by atoms with Crippen LogP contribution in [0.4, 0.5) is 13.2 Å². The normalized spacial score (nSPS) is 20.0. The fourth-order valence-corrected chi connectivity index (χ4v) is 2.87. The minimum absolute atomic E-state index is 0.0158. The van der Waals surface area contributed by atoms with E-state index in [0.29, 0.717) is 12.2 Å². The van der Waals surface area contributed by atoms with Gasteiger partial charge in [0.2, 0.25) is 0 Å². The van der Waals surface area contributed by atoms with Crippen LogP contribution in [0.2, 0.25) is 0 Å². The summed E-state index contributed by atoms with van der Waals surface area (Å²) < 4.78 is 58.1. The number of benzene rings is 2. The Balaban J connectivity index is 1.61. The molecule has 0 atom stereocenters. The van der Waals surface area contributed by atoms with Crippen molar-refractivity contribution in [1.29, 1.82) is 0 Å². The van der Waals surface area contributed by atoms with Gasteiger partial charge in [-0.2, -0.15) is 0 Å². The van der Waals surface area contributed by atoms with Crippen LogP contribution in [0.1, 0.15) is 29.5 Å². The first-order valence-electron chi connectivity index (χ1n) is 8.94. The van der Waals surface area contributed by atoms with Gasteiger partial charge in [0.25, 0.3) is 0 Å². The van der Waals surface area contributed by atoms with Crippen molar-refractivity contribution >= 4 is 6.08 Å². The molecule has 0 amide bonds. The predicted molar refractivity (Wildman–Crippen MR) is 97.2 cm³/mol. The molecule has 2 aromatic rings. The zero-order valence-corrected chi connectivity index (χ0v) is 15.3. The van der Waals surface area contributed by atoms with Crippen LogP contribution in [0.5, 0.6) is 5.75 Å². The van der Waals surface area contributed by atoms with E-state index in [2.05, 4.69) is 0 Å². The molecule has 1 fully saturated rings. The van der Waals surface area contributed by atoms with Gasteiger partial charge >= 0.3 is 0 Å². The number of halogens is 3. The molecule has 28 heavy (non-hydrogen) atoms. The SMILES string of the molecule is CCOCc1ccc(C2COC(/C=C/c3ccc(O)c(F)c3)OC2)c(F)c1F. The molecule has 1 aliphatic heterocycles. The van der Waals surface area contributed by atoms with Gasteiger partial charge in [-0.3, -0.25) is 0 Å². The molecule has 0 unspecified atom stereocenters. The molecule has 0 aliphatic carbocycles. The van der Waals surface area contributed by atoms with Crippen molar-refractivity contribution in [2.75, 3.05) is 19.8 Å². The Morgan fingerprint density at radius 1 is 1.11 bits per heavy atom. The van der Waals surface area contributed by atoms with Crippen LogP contribution >= 0.6 is 0 Å². The molecule has 1 aliphatic rings. The van der Waals surface area contributed by atoms with E-state index in [1.807, 2.05) is 0 Å². The zero-order valence-electron chi connectivity index (χ0n) is 15.3. The molecule has 3 rings (SSSR count). The minimum atomic E-state index is -0.915. The largest absolute Gasteiger partial charge is 0.505 e. The van der Waals surface area contributed by atoms with Crippen molar-refractivity contribution in [3.63, 3.8) is 0 Å². The van der Waals surface area contributed by atoms with Gasteiger partial charge in [0.1, 0.15) is 0 Å². The Hall–Kier alpha value is -2.35. The summed E-state index contributed by atoms with van der Waals surface area (Å²) in [5.74, 6) is -3.42. The van der Waals surface area contributed by atoms with Crippen LogP contribution in [0.25, 0.3) is 6.08 Å². The van der Waals surface area contributed by atoms with E-state index in [4.69, 9.17) is 14.2 Å². The van der Waals surface area contributed by atoms with Gasteiger partial charge in [-0.15, -0.1) is 0 Å². The second-order valence-electron chi connectivity index (χ2n) is 6.38. The third kappa shape index (κ3) is 4.73. The van der Waals surface area contributed by atoms with Crippen molar-refractivity contribution in [1.82, 2.24) is 0 Å². The number of rotatable bonds is 6. The lowest BCUT2D eigenvalue weighted by Crippen LogP contribution is -2.30. The van der Waals surface area contributed by atoms with Crippen molar-refractivity contribution in [3.05, 3.63) is 70.5 Å². The molecular formula is C21H21F3O4. The summed E-state index contributed by atoms with van der Waals surface area (Å²) in [5.41, 5.74) is 0.895. The summed E-state index contributed by atoms with van der Waals surface area (Å²) >= 11 is 0. The molecule has 0 aromatic heterocycles. The molecule has 0 bridgehead atoms. The summed E-state index contributed by atoms with van der Waals surface area (Å²) in [6, 6.07) is 7.01. The summed E-state index contributed by atoms with van der Waals surface area (Å²) in [5, 5.41) is 9.19. The van der Waals surface area contributed by atoms with Gasteiger partial charge < -0.3 is 19.3 Å². The number of hydrogen-bond donors (Lipinski definition) is 1. The molecule has 2 aromatic carbocycles. The third-order valence-electron chi connectivity index (χ3n) is 4.43. The van der Waals surface area contributed by atoms with Gasteiger partial charge in [0.15, 0.2) is 29.5 Å². The topological polar surface area (TPSA) is 47.9 Å². The van der Waals surface area contributed by atoms with E-state index in [9.17, 15) is 18.3 Å². The van der Waals surface area contributed by atoms with Gasteiger partial charge in [-0.05, 0) is 36.3 Å². The lowest BCUT2D eigenvalue weighted by molar-refractivity contribution is -0.159. The molecule has 1 heterocycles. The van der Waals surface area contributed by atoms with Gasteiger partial charge in [-0.1, -0.05) is 24.3 Å². The van der Waals surface area contributed by atoms with E-state index >= 15 is 0 Å². The standard InChI is InChI=1S/C21H21F3O4/c1-2-26-10-14-5-6-16(21(24)20(14)23)15-11-27-19(28-12-15)8-4-13-3-7-18(25)17(22)9-13/h3-9,15,19,25H,2,10-12H2,1H3/b8-4+. The van der Waals surface area contributed by atoms with Gasteiger partial charge in [-0.25, -0.2) is 13.2 Å². The monoisotopic (exact) mass is 394 g/mol. The van der Waals surface area contributed by atoms with Crippen LogP contribution in [0, 0.1) is 17.5 Å². The second-order valence-corrected chi connectivity index (χ2v) is 6.38. The fourth-order valence-electron chi connectivity index (χ4n) is 2.87. The Bertz CT molecular complexity index is 846. The maximum Gasteiger partial charge on any atom is 0.177 e. The predicted octanol–water partition coefficient (Wildman–Crippen LogP) is 4.52. The number of aromatic hydroxyl groups is 1. The molecule has 150 valence electrons. The molecule has 1 saturated heterocycles. The summed E-state index contributed by atoms with van der Waals surface area (Å²) in [6.07, 6.45) is 2.50. The van der Waals surface area contributed by atoms with E-state index in [0.717, 1.165) is 0 Å². The lowest BCUT2D eigenvalue weighted by atomic mass is 9.97. The van der Waals surface area contributed by atoms with Gasteiger partial charge in [0, 0.05) is 18.1 Å². The summed E-state index contributed by atoms with van der Waals surface area (Å²) in [6.45, 7) is 2.52. The average Bonchev–Trinajstić information content (AvgIpc) is 2.70. The van der Waals surface area contributed by atoms with E-state index in [1.54, 1.807) is 25.1 Å². The maximum absolute atomic E-state index is 14.4. The van der Waals surface area contributed by atoms with Crippen LogP contribution in [-0.4, -0.2) is 31.2 Å². The molecule has 0 saturated carbocycles. The smallest absolute Gasteiger partial charge is 0.177 e. The molecule has 7 heteroatoms. The lowest BCUT2D eigenvalue weighted by Gasteiger charge is -2.28. The molecular weight excluding hydrogens is 373 g/mol. The van der Waals surface area contributed by atoms with Crippen LogP contribution in [-0.2, 0) is 20.8 Å². The van der Waals surface area contributed by atoms with Crippen LogP contribution < -0.4 is 0 Å². The summed E-state index contributed by atoms with van der Waals surface area (Å²) in [4.78, 5) is 0. The molecule has 0 spiro atoms. The Morgan fingerprint density at radius 3 is 2.54 bits per heavy atom. The van der Waals surface area contributed by atoms with Crippen molar-refractivity contribution in [3.8, 4) is 5.75 Å². The van der Waals surface area contributed by atoms with Crippen molar-refractivity contribution in [2.45, 2.75) is 25.7 Å². The number of ether oxygens (including phenoxy) is 3. The number of phenols is 1. The van der Waals surface area contributed by atoms with Gasteiger partial charge in [0.05, 0.1) is 19.8 Å². The first-order chi connectivity index (χ1) is 13.5. The molecule has 1 N–H and O–H groups in total. The molecule has 0 radical (unpaired) electrons. The highest BCUT2D eigenvalue weighted by molar-refractivity contribution is 5.51. The number of phenolic OH excluding ortho intramolecular Hbond substituents is 1. The Morgan fingerprint density at radius 2 is 1.86 bits per heavy atom. The highest BCUT2D eigenvalue weighted by Gasteiger charge is 2.26. The highest BCUT2D eigenvalue weighted by atomic mass is 19.2. The van der Waals surface area contributed by atoms with Crippen LogP contribution in [0.15, 0.2) is 36.4 Å². The average molecular weight is 394 g/mol. The van der Waals surface area contributed by atoms with Crippen LogP contribution in [0.3, 0.4) is 0 Å².